The molecule has 0 saturated heterocycles. The van der Waals surface area contributed by atoms with Gasteiger partial charge in [0.15, 0.2) is 0 Å². The van der Waals surface area contributed by atoms with E-state index in [0.29, 0.717) is 13.2 Å². The Balaban J connectivity index is 1.92. The molecule has 0 saturated carbocycles. The number of halogens is 1. The van der Waals surface area contributed by atoms with Crippen molar-refractivity contribution in [1.82, 2.24) is 15.1 Å². The molecular formula is C15H20ClN3O. The van der Waals surface area contributed by atoms with E-state index in [4.69, 9.17) is 16.3 Å². The maximum absolute atomic E-state index is 6.24. The first-order valence-electron chi connectivity index (χ1n) is 6.65. The van der Waals surface area contributed by atoms with Gasteiger partial charge in [-0.25, -0.2) is 0 Å². The molecule has 4 nitrogen and oxygen atoms in total. The van der Waals surface area contributed by atoms with Crippen LogP contribution in [-0.4, -0.2) is 30.0 Å². The van der Waals surface area contributed by atoms with E-state index in [9.17, 15) is 0 Å². The van der Waals surface area contributed by atoms with Crippen LogP contribution < -0.4 is 5.32 Å². The summed E-state index contributed by atoms with van der Waals surface area (Å²) >= 11 is 6.24. The van der Waals surface area contributed by atoms with Gasteiger partial charge < -0.3 is 10.1 Å². The van der Waals surface area contributed by atoms with Crippen molar-refractivity contribution in [3.8, 4) is 0 Å². The average Bonchev–Trinajstić information content (AvgIpc) is 2.86. The molecule has 0 unspecified atom stereocenters. The predicted molar refractivity (Wildman–Crippen MR) is 81.1 cm³/mol. The fourth-order valence-electron chi connectivity index (χ4n) is 1.95. The lowest BCUT2D eigenvalue weighted by molar-refractivity contribution is 0.199. The fourth-order valence-corrected chi connectivity index (χ4v) is 2.24. The maximum atomic E-state index is 6.24. The Labute approximate surface area is 124 Å². The van der Waals surface area contributed by atoms with Crippen molar-refractivity contribution >= 4 is 11.6 Å². The topological polar surface area (TPSA) is 39.1 Å². The highest BCUT2D eigenvalue weighted by Crippen LogP contribution is 2.18. The van der Waals surface area contributed by atoms with Gasteiger partial charge in [0.2, 0.25) is 0 Å². The Kier molecular flexibility index (Phi) is 5.59. The molecule has 0 aliphatic heterocycles. The molecule has 0 bridgehead atoms. The Bertz CT molecular complexity index is 554. The van der Waals surface area contributed by atoms with E-state index in [1.807, 2.05) is 30.1 Å². The van der Waals surface area contributed by atoms with Gasteiger partial charge in [0.1, 0.15) is 0 Å². The van der Waals surface area contributed by atoms with Gasteiger partial charge >= 0.3 is 0 Å². The first-order chi connectivity index (χ1) is 9.69. The van der Waals surface area contributed by atoms with E-state index in [1.165, 1.54) is 5.56 Å². The number of hydrogen-bond donors (Lipinski definition) is 1. The molecule has 1 heterocycles. The SMILES string of the molecule is COCCNCc1cnn(Cc2ccc(C)cc2Cl)c1. The number of methoxy groups -OCH3 is 1. The summed E-state index contributed by atoms with van der Waals surface area (Å²) in [6.45, 7) is 5.08. The Morgan fingerprint density at radius 1 is 1.40 bits per heavy atom. The quantitative estimate of drug-likeness (QED) is 0.798. The average molecular weight is 294 g/mol. The zero-order chi connectivity index (χ0) is 14.4. The van der Waals surface area contributed by atoms with Crippen molar-refractivity contribution in [1.29, 1.82) is 0 Å². The van der Waals surface area contributed by atoms with Crippen LogP contribution in [0.4, 0.5) is 0 Å². The van der Waals surface area contributed by atoms with Crippen molar-refractivity contribution in [3.05, 3.63) is 52.3 Å². The van der Waals surface area contributed by atoms with Gasteiger partial charge in [0.05, 0.1) is 19.3 Å². The second kappa shape index (κ2) is 7.43. The van der Waals surface area contributed by atoms with Crippen LogP contribution in [0.25, 0.3) is 0 Å². The number of benzene rings is 1. The van der Waals surface area contributed by atoms with Gasteiger partial charge in [-0.3, -0.25) is 4.68 Å². The minimum Gasteiger partial charge on any atom is -0.383 e. The summed E-state index contributed by atoms with van der Waals surface area (Å²) in [6, 6.07) is 6.10. The summed E-state index contributed by atoms with van der Waals surface area (Å²) in [7, 11) is 1.70. The van der Waals surface area contributed by atoms with Crippen molar-refractivity contribution in [3.63, 3.8) is 0 Å². The number of hydrogen-bond acceptors (Lipinski definition) is 3. The Hall–Kier alpha value is -1.36. The molecule has 2 rings (SSSR count). The number of ether oxygens (including phenoxy) is 1. The normalized spacial score (nSPS) is 10.9. The predicted octanol–water partition coefficient (Wildman–Crippen LogP) is 2.63. The highest BCUT2D eigenvalue weighted by molar-refractivity contribution is 6.31. The second-order valence-corrected chi connectivity index (χ2v) is 5.22. The van der Waals surface area contributed by atoms with E-state index < -0.39 is 0 Å². The largest absolute Gasteiger partial charge is 0.383 e. The first-order valence-corrected chi connectivity index (χ1v) is 7.03. The molecule has 1 aromatic heterocycles. The number of aromatic nitrogens is 2. The number of nitrogens with one attached hydrogen (secondary N) is 1. The summed E-state index contributed by atoms with van der Waals surface area (Å²) in [4.78, 5) is 0. The third-order valence-corrected chi connectivity index (χ3v) is 3.39. The highest BCUT2D eigenvalue weighted by atomic mass is 35.5. The summed E-state index contributed by atoms with van der Waals surface area (Å²) in [6.07, 6.45) is 3.91. The van der Waals surface area contributed by atoms with Gasteiger partial charge in [0, 0.05) is 37.0 Å². The smallest absolute Gasteiger partial charge is 0.0674 e. The van der Waals surface area contributed by atoms with Crippen molar-refractivity contribution in [2.75, 3.05) is 20.3 Å². The fraction of sp³-hybridized carbons (Fsp3) is 0.400. The van der Waals surface area contributed by atoms with Crippen LogP contribution in [0.2, 0.25) is 5.02 Å². The van der Waals surface area contributed by atoms with E-state index in [0.717, 1.165) is 29.2 Å². The molecular weight excluding hydrogens is 274 g/mol. The summed E-state index contributed by atoms with van der Waals surface area (Å²) in [5.41, 5.74) is 3.41. The minimum atomic E-state index is 0.692. The van der Waals surface area contributed by atoms with Crippen LogP contribution in [0.1, 0.15) is 16.7 Å². The summed E-state index contributed by atoms with van der Waals surface area (Å²) in [5.74, 6) is 0. The van der Waals surface area contributed by atoms with Gasteiger partial charge in [0.25, 0.3) is 0 Å². The monoisotopic (exact) mass is 293 g/mol. The minimum absolute atomic E-state index is 0.692. The lowest BCUT2D eigenvalue weighted by Gasteiger charge is -2.05. The van der Waals surface area contributed by atoms with E-state index in [1.54, 1.807) is 7.11 Å². The van der Waals surface area contributed by atoms with Crippen LogP contribution >= 0.6 is 11.6 Å². The summed E-state index contributed by atoms with van der Waals surface area (Å²) in [5, 5.41) is 8.45. The van der Waals surface area contributed by atoms with Crippen LogP contribution in [0.5, 0.6) is 0 Å². The molecule has 0 spiro atoms. The lowest BCUT2D eigenvalue weighted by atomic mass is 10.1. The summed E-state index contributed by atoms with van der Waals surface area (Å²) < 4.78 is 6.90. The van der Waals surface area contributed by atoms with Gasteiger partial charge in [-0.15, -0.1) is 0 Å². The van der Waals surface area contributed by atoms with Crippen molar-refractivity contribution < 1.29 is 4.74 Å². The van der Waals surface area contributed by atoms with Gasteiger partial charge in [-0.1, -0.05) is 23.7 Å². The molecule has 0 fully saturated rings. The van der Waals surface area contributed by atoms with Crippen LogP contribution in [-0.2, 0) is 17.8 Å². The molecule has 0 aliphatic rings. The van der Waals surface area contributed by atoms with Crippen LogP contribution in [0.15, 0.2) is 30.6 Å². The number of nitrogens with zero attached hydrogens (tertiary/aromatic N) is 2. The van der Waals surface area contributed by atoms with E-state index >= 15 is 0 Å². The van der Waals surface area contributed by atoms with Crippen LogP contribution in [0.3, 0.4) is 0 Å². The zero-order valence-corrected chi connectivity index (χ0v) is 12.7. The molecule has 1 aromatic carbocycles. The molecule has 0 amide bonds. The number of aryl methyl sites for hydroxylation is 1. The molecule has 0 atom stereocenters. The number of rotatable bonds is 7. The first kappa shape index (κ1) is 15.0. The Morgan fingerprint density at radius 3 is 3.00 bits per heavy atom. The van der Waals surface area contributed by atoms with Gasteiger partial charge in [-0.05, 0) is 24.1 Å². The Morgan fingerprint density at radius 2 is 2.25 bits per heavy atom. The van der Waals surface area contributed by atoms with Crippen LogP contribution in [0, 0.1) is 6.92 Å². The molecule has 5 heteroatoms. The highest BCUT2D eigenvalue weighted by Gasteiger charge is 2.03. The molecule has 1 N–H and O–H groups in total. The molecule has 108 valence electrons. The van der Waals surface area contributed by atoms with E-state index in [-0.39, 0.29) is 0 Å². The standard InChI is InChI=1S/C15H20ClN3O/c1-12-3-4-14(15(16)7-12)11-19-10-13(9-18-19)8-17-5-6-20-2/h3-4,7,9-10,17H,5-6,8,11H2,1-2H3. The van der Waals surface area contributed by atoms with Crippen molar-refractivity contribution in [2.24, 2.45) is 0 Å². The molecule has 0 radical (unpaired) electrons. The molecule has 0 aliphatic carbocycles. The third-order valence-electron chi connectivity index (χ3n) is 3.04. The lowest BCUT2D eigenvalue weighted by Crippen LogP contribution is -2.18. The second-order valence-electron chi connectivity index (χ2n) is 4.81. The third kappa shape index (κ3) is 4.34. The molecule has 20 heavy (non-hydrogen) atoms. The van der Waals surface area contributed by atoms with Crippen molar-refractivity contribution in [2.45, 2.75) is 20.0 Å². The molecule has 2 aromatic rings. The van der Waals surface area contributed by atoms with Gasteiger partial charge in [-0.2, -0.15) is 5.10 Å². The zero-order valence-electron chi connectivity index (χ0n) is 11.9. The van der Waals surface area contributed by atoms with E-state index in [2.05, 4.69) is 22.5 Å². The maximum Gasteiger partial charge on any atom is 0.0674 e.